The van der Waals surface area contributed by atoms with Crippen molar-refractivity contribution in [1.29, 1.82) is 0 Å². The van der Waals surface area contributed by atoms with E-state index in [1.54, 1.807) is 0 Å². The highest BCUT2D eigenvalue weighted by atomic mass is 32.2. The maximum absolute atomic E-state index is 6.49. The van der Waals surface area contributed by atoms with Gasteiger partial charge in [-0.25, -0.2) is 4.98 Å². The largest absolute Gasteiger partial charge is 0.438 e. The van der Waals surface area contributed by atoms with Crippen molar-refractivity contribution >= 4 is 77.4 Å². The summed E-state index contributed by atoms with van der Waals surface area (Å²) in [4.78, 5) is 13.0. The molecule has 0 saturated heterocycles. The van der Waals surface area contributed by atoms with Crippen molar-refractivity contribution in [3.8, 4) is 45.1 Å². The Morgan fingerprint density at radius 1 is 0.483 bits per heavy atom. The second-order valence-electron chi connectivity index (χ2n) is 14.9. The molecular weight excluding hydrogens is 729 g/mol. The lowest BCUT2D eigenvalue weighted by molar-refractivity contribution is 0.653. The molecule has 0 radical (unpaired) electrons. The fourth-order valence-corrected chi connectivity index (χ4v) is 10.3. The highest BCUT2D eigenvalue weighted by Crippen LogP contribution is 2.49. The van der Waals surface area contributed by atoms with Crippen LogP contribution >= 0.6 is 11.8 Å². The normalized spacial score (nSPS) is 12.4. The molecule has 6 heteroatoms. The van der Waals surface area contributed by atoms with Gasteiger partial charge in [-0.3, -0.25) is 9.13 Å². The highest BCUT2D eigenvalue weighted by Gasteiger charge is 2.28. The molecule has 0 unspecified atom stereocenters. The standard InChI is InChI=1S/C52H30N4OS/c1-2-16-36-31(12-1)13-10-19-37(36)32-26-28-33(29-27-32)48-47-39-18-4-7-23-43(39)57-51(47)54-50(53-48)34-14-9-15-35(30-34)55-41-21-5-3-17-38(41)46-40-20-11-25-45-49(40)56(52(46)55)42-22-6-8-24-44(42)58-45/h1-30H. The predicted octanol–water partition coefficient (Wildman–Crippen LogP) is 14.0. The number of nitrogens with zero attached hydrogens (tertiary/aromatic N) is 4. The molecule has 4 aromatic heterocycles. The molecule has 1 aliphatic heterocycles. The molecule has 8 aromatic carbocycles. The van der Waals surface area contributed by atoms with Crippen LogP contribution in [0.2, 0.25) is 0 Å². The van der Waals surface area contributed by atoms with Crippen molar-refractivity contribution in [2.45, 2.75) is 9.79 Å². The maximum Gasteiger partial charge on any atom is 0.231 e. The van der Waals surface area contributed by atoms with Gasteiger partial charge in [0.1, 0.15) is 11.2 Å². The number of fused-ring (bicyclic) bond motifs is 11. The van der Waals surface area contributed by atoms with Gasteiger partial charge in [0.2, 0.25) is 5.71 Å². The quantitative estimate of drug-likeness (QED) is 0.179. The van der Waals surface area contributed by atoms with Crippen LogP contribution in [0, 0.1) is 0 Å². The Bertz CT molecular complexity index is 3660. The van der Waals surface area contributed by atoms with Crippen molar-refractivity contribution < 1.29 is 4.42 Å². The molecule has 0 atom stereocenters. The van der Waals surface area contributed by atoms with Crippen molar-refractivity contribution in [2.75, 3.05) is 0 Å². The molecule has 0 saturated carbocycles. The first-order valence-corrected chi connectivity index (χ1v) is 20.3. The topological polar surface area (TPSA) is 48.8 Å². The Morgan fingerprint density at radius 2 is 1.19 bits per heavy atom. The van der Waals surface area contributed by atoms with Gasteiger partial charge in [0.05, 0.1) is 27.8 Å². The van der Waals surface area contributed by atoms with Crippen LogP contribution in [0.4, 0.5) is 0 Å². The van der Waals surface area contributed by atoms with Crippen LogP contribution in [0.1, 0.15) is 0 Å². The molecule has 5 heterocycles. The van der Waals surface area contributed by atoms with Crippen LogP contribution in [0.5, 0.6) is 0 Å². The van der Waals surface area contributed by atoms with Gasteiger partial charge in [0.15, 0.2) is 5.82 Å². The first-order valence-electron chi connectivity index (χ1n) is 19.5. The molecule has 0 aliphatic carbocycles. The monoisotopic (exact) mass is 758 g/mol. The number of hydrogen-bond acceptors (Lipinski definition) is 4. The molecule has 13 rings (SSSR count). The molecule has 58 heavy (non-hydrogen) atoms. The Labute approximate surface area is 336 Å². The van der Waals surface area contributed by atoms with Gasteiger partial charge >= 0.3 is 0 Å². The van der Waals surface area contributed by atoms with Crippen LogP contribution in [0.3, 0.4) is 0 Å². The predicted molar refractivity (Wildman–Crippen MR) is 238 cm³/mol. The highest BCUT2D eigenvalue weighted by molar-refractivity contribution is 7.99. The van der Waals surface area contributed by atoms with Crippen LogP contribution < -0.4 is 0 Å². The average Bonchev–Trinajstić information content (AvgIpc) is 3.95. The first-order chi connectivity index (χ1) is 28.8. The van der Waals surface area contributed by atoms with Crippen molar-refractivity contribution in [2.24, 2.45) is 0 Å². The molecule has 12 aromatic rings. The van der Waals surface area contributed by atoms with E-state index in [1.807, 2.05) is 30.0 Å². The molecule has 0 spiro atoms. The van der Waals surface area contributed by atoms with Gasteiger partial charge < -0.3 is 4.42 Å². The van der Waals surface area contributed by atoms with Gasteiger partial charge in [-0.15, -0.1) is 0 Å². The van der Waals surface area contributed by atoms with E-state index < -0.39 is 0 Å². The summed E-state index contributed by atoms with van der Waals surface area (Å²) >= 11 is 1.85. The molecule has 0 N–H and O–H groups in total. The van der Waals surface area contributed by atoms with Crippen molar-refractivity contribution in [1.82, 2.24) is 19.1 Å². The van der Waals surface area contributed by atoms with Crippen LogP contribution in [0.25, 0.3) is 111 Å². The third-order valence-corrected chi connectivity index (χ3v) is 12.9. The van der Waals surface area contributed by atoms with Gasteiger partial charge in [-0.2, -0.15) is 4.98 Å². The average molecular weight is 759 g/mol. The molecular formula is C52H30N4OS. The second-order valence-corrected chi connectivity index (χ2v) is 16.0. The minimum absolute atomic E-state index is 0.572. The van der Waals surface area contributed by atoms with Crippen molar-refractivity contribution in [3.05, 3.63) is 182 Å². The Hall–Kier alpha value is -7.41. The van der Waals surface area contributed by atoms with E-state index in [0.29, 0.717) is 11.5 Å². The number of furan rings is 1. The van der Waals surface area contributed by atoms with Crippen molar-refractivity contribution in [3.63, 3.8) is 0 Å². The Morgan fingerprint density at radius 3 is 2.12 bits per heavy atom. The van der Waals surface area contributed by atoms with E-state index in [1.165, 1.54) is 53.5 Å². The maximum atomic E-state index is 6.49. The summed E-state index contributed by atoms with van der Waals surface area (Å²) in [5.74, 6) is 0.611. The minimum atomic E-state index is 0.572. The van der Waals surface area contributed by atoms with Gasteiger partial charge in [0.25, 0.3) is 0 Å². The fraction of sp³-hybridized carbons (Fsp3) is 0. The lowest BCUT2D eigenvalue weighted by atomic mass is 9.96. The fourth-order valence-electron chi connectivity index (χ4n) is 9.22. The SMILES string of the molecule is c1cc(-c2nc(-c3ccc(-c4cccc5ccccc45)cc3)c3c(n2)oc2ccccc23)cc(-n2c3ccccc3c3c4cccc5c4n(c32)-c2ccccc2S5)c1. The third-order valence-electron chi connectivity index (χ3n) is 11.7. The number of hydrogen-bond donors (Lipinski definition) is 0. The first kappa shape index (κ1) is 31.8. The van der Waals surface area contributed by atoms with Gasteiger partial charge in [0, 0.05) is 48.2 Å². The minimum Gasteiger partial charge on any atom is -0.438 e. The third kappa shape index (κ3) is 4.49. The summed E-state index contributed by atoms with van der Waals surface area (Å²) in [5, 5.41) is 8.11. The van der Waals surface area contributed by atoms with E-state index in [-0.39, 0.29) is 0 Å². The zero-order valence-electron chi connectivity index (χ0n) is 30.9. The number of aromatic nitrogens is 4. The number of para-hydroxylation sites is 4. The second kappa shape index (κ2) is 12.0. The summed E-state index contributed by atoms with van der Waals surface area (Å²) in [6.07, 6.45) is 0. The molecule has 5 nitrogen and oxygen atoms in total. The zero-order valence-corrected chi connectivity index (χ0v) is 31.7. The Kier molecular flexibility index (Phi) is 6.60. The van der Waals surface area contributed by atoms with Gasteiger partial charge in [-0.1, -0.05) is 151 Å². The van der Waals surface area contributed by atoms with E-state index >= 15 is 0 Å². The molecule has 0 bridgehead atoms. The lowest BCUT2D eigenvalue weighted by Crippen LogP contribution is -2.05. The van der Waals surface area contributed by atoms with E-state index in [2.05, 4.69) is 173 Å². The summed E-state index contributed by atoms with van der Waals surface area (Å²) in [7, 11) is 0. The Balaban J connectivity index is 1.02. The molecule has 0 fully saturated rings. The summed E-state index contributed by atoms with van der Waals surface area (Å²) in [5.41, 5.74) is 12.3. The molecule has 0 amide bonds. The summed E-state index contributed by atoms with van der Waals surface area (Å²) < 4.78 is 11.4. The van der Waals surface area contributed by atoms with Crippen LogP contribution in [-0.2, 0) is 0 Å². The van der Waals surface area contributed by atoms with Gasteiger partial charge in [-0.05, 0) is 64.4 Å². The van der Waals surface area contributed by atoms with E-state index in [0.717, 1.165) is 55.6 Å². The van der Waals surface area contributed by atoms with E-state index in [4.69, 9.17) is 14.4 Å². The van der Waals surface area contributed by atoms with Crippen LogP contribution in [-0.4, -0.2) is 19.1 Å². The zero-order chi connectivity index (χ0) is 37.9. The number of benzene rings is 8. The lowest BCUT2D eigenvalue weighted by Gasteiger charge is -2.21. The smallest absolute Gasteiger partial charge is 0.231 e. The molecule has 1 aliphatic rings. The summed E-state index contributed by atoms with van der Waals surface area (Å²) in [6.45, 7) is 0. The number of rotatable bonds is 4. The molecule has 270 valence electrons. The van der Waals surface area contributed by atoms with E-state index in [9.17, 15) is 0 Å². The summed E-state index contributed by atoms with van der Waals surface area (Å²) in [6, 6.07) is 64.7. The van der Waals surface area contributed by atoms with Crippen LogP contribution in [0.15, 0.2) is 196 Å².